The number of anilines is 2. The summed E-state index contributed by atoms with van der Waals surface area (Å²) in [7, 11) is 0. The van der Waals surface area contributed by atoms with E-state index in [2.05, 4.69) is 42.5 Å². The quantitative estimate of drug-likeness (QED) is 0.292. The molecule has 31 heavy (non-hydrogen) atoms. The maximum absolute atomic E-state index is 12.7. The van der Waals surface area contributed by atoms with E-state index in [1.54, 1.807) is 36.4 Å². The minimum absolute atomic E-state index is 0.00640. The molecule has 2 amide bonds. The Bertz CT molecular complexity index is 1130. The van der Waals surface area contributed by atoms with E-state index in [9.17, 15) is 19.7 Å². The normalized spacial score (nSPS) is 10.5. The highest BCUT2D eigenvalue weighted by Crippen LogP contribution is 2.24. The zero-order chi connectivity index (χ0) is 22.7. The van der Waals surface area contributed by atoms with Crippen LogP contribution < -0.4 is 10.6 Å². The second-order valence-corrected chi connectivity index (χ2v) is 8.57. The van der Waals surface area contributed by atoms with Crippen molar-refractivity contribution in [2.75, 3.05) is 10.6 Å². The molecule has 9 heteroatoms. The van der Waals surface area contributed by atoms with Crippen molar-refractivity contribution in [2.24, 2.45) is 0 Å². The fourth-order valence-corrected chi connectivity index (χ4v) is 3.32. The topological polar surface area (TPSA) is 101 Å². The summed E-state index contributed by atoms with van der Waals surface area (Å²) in [5.41, 5.74) is 2.57. The van der Waals surface area contributed by atoms with Gasteiger partial charge in [-0.1, -0.05) is 31.9 Å². The summed E-state index contributed by atoms with van der Waals surface area (Å²) in [6, 6.07) is 14.1. The van der Waals surface area contributed by atoms with Gasteiger partial charge in [-0.25, -0.2) is 0 Å². The molecular formula is C22H17Br2N3O4. The van der Waals surface area contributed by atoms with E-state index >= 15 is 0 Å². The number of nitrogens with one attached hydrogen (secondary N) is 2. The van der Waals surface area contributed by atoms with Gasteiger partial charge in [0.1, 0.15) is 0 Å². The molecule has 2 N–H and O–H groups in total. The molecule has 0 aromatic heterocycles. The third-order valence-electron chi connectivity index (χ3n) is 4.48. The molecule has 3 aromatic rings. The van der Waals surface area contributed by atoms with Gasteiger partial charge in [-0.15, -0.1) is 0 Å². The van der Waals surface area contributed by atoms with Gasteiger partial charge in [0.2, 0.25) is 0 Å². The molecule has 0 saturated carbocycles. The van der Waals surface area contributed by atoms with E-state index < -0.39 is 16.7 Å². The van der Waals surface area contributed by atoms with E-state index in [0.717, 1.165) is 32.2 Å². The predicted octanol–water partition coefficient (Wildman–Crippen LogP) is 6.24. The molecule has 0 unspecified atom stereocenters. The Morgan fingerprint density at radius 1 is 0.774 bits per heavy atom. The lowest BCUT2D eigenvalue weighted by atomic mass is 10.1. The summed E-state index contributed by atoms with van der Waals surface area (Å²) in [6.45, 7) is 3.75. The van der Waals surface area contributed by atoms with Gasteiger partial charge >= 0.3 is 0 Å². The van der Waals surface area contributed by atoms with Crippen molar-refractivity contribution in [1.82, 2.24) is 0 Å². The molecule has 0 fully saturated rings. The molecular weight excluding hydrogens is 530 g/mol. The van der Waals surface area contributed by atoms with Crippen LogP contribution >= 0.6 is 31.9 Å². The summed E-state index contributed by atoms with van der Waals surface area (Å²) >= 11 is 6.78. The molecule has 158 valence electrons. The molecule has 0 aliphatic carbocycles. The number of carbonyl (C=O) groups is 2. The van der Waals surface area contributed by atoms with Crippen molar-refractivity contribution in [3.05, 3.63) is 95.9 Å². The van der Waals surface area contributed by atoms with Crippen LogP contribution in [0.2, 0.25) is 0 Å². The Labute approximate surface area is 195 Å². The number of nitro benzene ring substituents is 1. The number of aryl methyl sites for hydroxylation is 2. The fourth-order valence-electron chi connectivity index (χ4n) is 2.83. The maximum atomic E-state index is 12.7. The van der Waals surface area contributed by atoms with Gasteiger partial charge in [0.05, 0.1) is 4.92 Å². The SMILES string of the molecule is Cc1cc(NC(=O)c2cc(C(=O)Nc3ccc(Br)c(C)c3)cc([N+](=O)[O-])c2)ccc1Br. The number of hydrogen-bond donors (Lipinski definition) is 2. The van der Waals surface area contributed by atoms with Gasteiger partial charge in [0.15, 0.2) is 0 Å². The summed E-state index contributed by atoms with van der Waals surface area (Å²) in [5, 5.41) is 16.8. The fraction of sp³-hybridized carbons (Fsp3) is 0.0909. The average Bonchev–Trinajstić information content (AvgIpc) is 2.73. The Morgan fingerprint density at radius 2 is 1.19 bits per heavy atom. The number of non-ortho nitro benzene ring substituents is 1. The second-order valence-electron chi connectivity index (χ2n) is 6.86. The monoisotopic (exact) mass is 545 g/mol. The van der Waals surface area contributed by atoms with E-state index in [1.165, 1.54) is 6.07 Å². The van der Waals surface area contributed by atoms with Gasteiger partial charge < -0.3 is 10.6 Å². The van der Waals surface area contributed by atoms with Gasteiger partial charge in [0, 0.05) is 43.6 Å². The molecule has 0 saturated heterocycles. The van der Waals surface area contributed by atoms with Crippen LogP contribution in [0.1, 0.15) is 31.8 Å². The van der Waals surface area contributed by atoms with Crippen molar-refractivity contribution >= 4 is 60.7 Å². The number of amides is 2. The van der Waals surface area contributed by atoms with Crippen LogP contribution in [0.3, 0.4) is 0 Å². The van der Waals surface area contributed by atoms with Crippen LogP contribution in [-0.4, -0.2) is 16.7 Å². The second kappa shape index (κ2) is 9.40. The van der Waals surface area contributed by atoms with E-state index in [1.807, 2.05) is 13.8 Å². The molecule has 0 atom stereocenters. The summed E-state index contributed by atoms with van der Waals surface area (Å²) in [4.78, 5) is 36.2. The summed E-state index contributed by atoms with van der Waals surface area (Å²) in [6.07, 6.45) is 0. The minimum Gasteiger partial charge on any atom is -0.322 e. The first kappa shape index (κ1) is 22.6. The van der Waals surface area contributed by atoms with Crippen molar-refractivity contribution in [3.63, 3.8) is 0 Å². The molecule has 7 nitrogen and oxygen atoms in total. The highest BCUT2D eigenvalue weighted by molar-refractivity contribution is 9.10. The Balaban J connectivity index is 1.89. The maximum Gasteiger partial charge on any atom is 0.271 e. The molecule has 3 rings (SSSR count). The summed E-state index contributed by atoms with van der Waals surface area (Å²) in [5.74, 6) is -1.11. The molecule has 0 aliphatic rings. The van der Waals surface area contributed by atoms with Crippen molar-refractivity contribution < 1.29 is 14.5 Å². The van der Waals surface area contributed by atoms with E-state index in [4.69, 9.17) is 0 Å². The van der Waals surface area contributed by atoms with E-state index in [0.29, 0.717) is 11.4 Å². The molecule has 0 radical (unpaired) electrons. The van der Waals surface area contributed by atoms with Gasteiger partial charge in [-0.2, -0.15) is 0 Å². The highest BCUT2D eigenvalue weighted by atomic mass is 79.9. The van der Waals surface area contributed by atoms with Gasteiger partial charge in [0.25, 0.3) is 17.5 Å². The Hall–Kier alpha value is -3.04. The number of hydrogen-bond acceptors (Lipinski definition) is 4. The highest BCUT2D eigenvalue weighted by Gasteiger charge is 2.19. The lowest BCUT2D eigenvalue weighted by Gasteiger charge is -2.10. The number of carbonyl (C=O) groups excluding carboxylic acids is 2. The molecule has 0 spiro atoms. The van der Waals surface area contributed by atoms with Crippen LogP contribution in [-0.2, 0) is 0 Å². The number of nitro groups is 1. The van der Waals surface area contributed by atoms with Crippen molar-refractivity contribution in [1.29, 1.82) is 0 Å². The molecule has 0 heterocycles. The number of rotatable bonds is 5. The first-order chi connectivity index (χ1) is 14.6. The van der Waals surface area contributed by atoms with Crippen LogP contribution in [0.15, 0.2) is 63.5 Å². The Kier molecular flexibility index (Phi) is 6.87. The van der Waals surface area contributed by atoms with Crippen LogP contribution in [0.4, 0.5) is 17.1 Å². The first-order valence-electron chi connectivity index (χ1n) is 9.08. The number of halogens is 2. The molecule has 3 aromatic carbocycles. The predicted molar refractivity (Wildman–Crippen MR) is 127 cm³/mol. The van der Waals surface area contributed by atoms with Gasteiger partial charge in [-0.05, 0) is 67.4 Å². The zero-order valence-corrected chi connectivity index (χ0v) is 19.7. The van der Waals surface area contributed by atoms with Crippen LogP contribution in [0.5, 0.6) is 0 Å². The first-order valence-corrected chi connectivity index (χ1v) is 10.7. The lowest BCUT2D eigenvalue weighted by Crippen LogP contribution is -2.16. The van der Waals surface area contributed by atoms with E-state index in [-0.39, 0.29) is 16.8 Å². The number of nitrogens with zero attached hydrogens (tertiary/aromatic N) is 1. The standard InChI is InChI=1S/C22H17Br2N3O4/c1-12-7-16(3-5-19(12)23)25-21(28)14-9-15(11-18(10-14)27(30)31)22(29)26-17-4-6-20(24)13(2)8-17/h3-11H,1-2H3,(H,25,28)(H,26,29). The third-order valence-corrected chi connectivity index (χ3v) is 6.26. The van der Waals surface area contributed by atoms with Crippen molar-refractivity contribution in [2.45, 2.75) is 13.8 Å². The summed E-state index contributed by atoms with van der Waals surface area (Å²) < 4.78 is 1.78. The third kappa shape index (κ3) is 5.56. The minimum atomic E-state index is -0.638. The van der Waals surface area contributed by atoms with Crippen LogP contribution in [0.25, 0.3) is 0 Å². The van der Waals surface area contributed by atoms with Crippen LogP contribution in [0, 0.1) is 24.0 Å². The van der Waals surface area contributed by atoms with Crippen molar-refractivity contribution in [3.8, 4) is 0 Å². The smallest absolute Gasteiger partial charge is 0.271 e. The average molecular weight is 547 g/mol. The number of benzene rings is 3. The Morgan fingerprint density at radius 3 is 1.55 bits per heavy atom. The molecule has 0 aliphatic heterocycles. The van der Waals surface area contributed by atoms with Gasteiger partial charge in [-0.3, -0.25) is 19.7 Å². The molecule has 0 bridgehead atoms. The lowest BCUT2D eigenvalue weighted by molar-refractivity contribution is -0.384. The largest absolute Gasteiger partial charge is 0.322 e. The zero-order valence-electron chi connectivity index (χ0n) is 16.5.